The molecule has 0 saturated heterocycles. The van der Waals surface area contributed by atoms with Gasteiger partial charge < -0.3 is 16.0 Å². The number of aromatic nitrogens is 4. The first kappa shape index (κ1) is 21.3. The van der Waals surface area contributed by atoms with Gasteiger partial charge in [-0.1, -0.05) is 19.9 Å². The summed E-state index contributed by atoms with van der Waals surface area (Å²) >= 11 is 1.66. The van der Waals surface area contributed by atoms with E-state index in [0.29, 0.717) is 5.69 Å². The minimum atomic E-state index is -0.179. The van der Waals surface area contributed by atoms with Crippen LogP contribution in [0.5, 0.6) is 0 Å². The lowest BCUT2D eigenvalue weighted by atomic mass is 10.0. The Balaban J connectivity index is 1.33. The fraction of sp³-hybridized carbons (Fsp3) is 0.154. The third-order valence-electron chi connectivity index (χ3n) is 6.10. The fourth-order valence-electron chi connectivity index (χ4n) is 4.22. The Bertz CT molecular complexity index is 1540. The average Bonchev–Trinajstić information content (AvgIpc) is 3.62. The first-order chi connectivity index (χ1) is 17.1. The van der Waals surface area contributed by atoms with Crippen LogP contribution >= 0.6 is 11.3 Å². The summed E-state index contributed by atoms with van der Waals surface area (Å²) < 4.78 is 0. The minimum absolute atomic E-state index is 0.0363. The largest absolute Gasteiger partial charge is 0.358 e. The molecule has 4 aromatic heterocycles. The average molecular weight is 482 g/mol. The molecule has 0 saturated carbocycles. The van der Waals surface area contributed by atoms with E-state index in [1.807, 2.05) is 44.4 Å². The summed E-state index contributed by atoms with van der Waals surface area (Å²) in [6.07, 6.45) is 7.01. The molecule has 0 fully saturated rings. The molecule has 1 aliphatic heterocycles. The number of hydrogen-bond acceptors (Lipinski definition) is 7. The van der Waals surface area contributed by atoms with Crippen LogP contribution in [0.3, 0.4) is 0 Å². The van der Waals surface area contributed by atoms with Gasteiger partial charge in [0.2, 0.25) is 5.91 Å². The molecule has 1 atom stereocenters. The fourth-order valence-corrected chi connectivity index (χ4v) is 4.88. The molecule has 1 aromatic carbocycles. The summed E-state index contributed by atoms with van der Waals surface area (Å²) in [5, 5.41) is 23.0. The summed E-state index contributed by atoms with van der Waals surface area (Å²) in [6, 6.07) is 10.1. The number of anilines is 3. The molecule has 1 unspecified atom stereocenters. The number of hydrogen-bond donors (Lipinski definition) is 4. The maximum absolute atomic E-state index is 12.1. The van der Waals surface area contributed by atoms with Crippen LogP contribution in [0.2, 0.25) is 0 Å². The van der Waals surface area contributed by atoms with Gasteiger partial charge in [-0.2, -0.15) is 16.4 Å². The van der Waals surface area contributed by atoms with Crippen molar-refractivity contribution in [2.24, 2.45) is 5.92 Å². The van der Waals surface area contributed by atoms with Gasteiger partial charge in [0.15, 0.2) is 0 Å². The molecule has 5 heterocycles. The van der Waals surface area contributed by atoms with Crippen LogP contribution < -0.4 is 16.0 Å². The van der Waals surface area contributed by atoms with Crippen LogP contribution in [0.15, 0.2) is 65.9 Å². The van der Waals surface area contributed by atoms with Crippen LogP contribution in [0.4, 0.5) is 17.1 Å². The molecule has 8 nitrogen and oxygen atoms in total. The highest BCUT2D eigenvalue weighted by Crippen LogP contribution is 2.43. The van der Waals surface area contributed by atoms with Crippen molar-refractivity contribution < 1.29 is 4.79 Å². The van der Waals surface area contributed by atoms with Gasteiger partial charge in [0.1, 0.15) is 6.17 Å². The third kappa shape index (κ3) is 3.89. The summed E-state index contributed by atoms with van der Waals surface area (Å²) in [6.45, 7) is 3.73. The lowest BCUT2D eigenvalue weighted by Gasteiger charge is -2.12. The van der Waals surface area contributed by atoms with Crippen LogP contribution in [0.25, 0.3) is 33.2 Å². The SMILES string of the molecule is CC(C)C(=O)Nc1cncc(-c2ccc3n[nH]c(C4Nc5cncc(-c6ccsc6)c5N4)c3c2)c1. The highest BCUT2D eigenvalue weighted by atomic mass is 32.1. The van der Waals surface area contributed by atoms with Gasteiger partial charge in [0.25, 0.3) is 0 Å². The van der Waals surface area contributed by atoms with Gasteiger partial charge in [0, 0.05) is 34.8 Å². The summed E-state index contributed by atoms with van der Waals surface area (Å²) in [5.74, 6) is -0.139. The molecule has 0 aliphatic carbocycles. The Kier molecular flexibility index (Phi) is 5.18. The molecular weight excluding hydrogens is 458 g/mol. The molecule has 1 amide bonds. The minimum Gasteiger partial charge on any atom is -0.358 e. The second-order valence-electron chi connectivity index (χ2n) is 8.82. The van der Waals surface area contributed by atoms with E-state index in [9.17, 15) is 4.79 Å². The van der Waals surface area contributed by atoms with Crippen LogP contribution in [-0.2, 0) is 4.79 Å². The highest BCUT2D eigenvalue weighted by Gasteiger charge is 2.27. The van der Waals surface area contributed by atoms with Crippen molar-refractivity contribution in [1.29, 1.82) is 0 Å². The van der Waals surface area contributed by atoms with Crippen molar-refractivity contribution in [2.45, 2.75) is 20.0 Å². The molecular formula is C26H23N7OS. The predicted molar refractivity (Wildman–Crippen MR) is 140 cm³/mol. The van der Waals surface area contributed by atoms with E-state index in [0.717, 1.165) is 50.2 Å². The molecule has 0 bridgehead atoms. The Labute approximate surface area is 205 Å². The molecule has 4 N–H and O–H groups in total. The molecule has 0 radical (unpaired) electrons. The molecule has 6 rings (SSSR count). The molecule has 5 aromatic rings. The number of thiophene rings is 1. The van der Waals surface area contributed by atoms with E-state index in [1.54, 1.807) is 23.7 Å². The number of rotatable bonds is 5. The number of carbonyl (C=O) groups excluding carboxylic acids is 1. The summed E-state index contributed by atoms with van der Waals surface area (Å²) in [4.78, 5) is 20.9. The van der Waals surface area contributed by atoms with Crippen molar-refractivity contribution in [1.82, 2.24) is 20.2 Å². The standard InChI is InChI=1S/C26H23N7OS/c1-14(2)26(34)29-18-7-17(9-27-10-18)15-3-4-21-19(8-15)24(33-32-21)25-30-22-12-28-11-20(23(22)31-25)16-5-6-35-13-16/h3-14,25,30-31H,1-2H3,(H,29,34)(H,32,33). The van der Waals surface area contributed by atoms with E-state index in [4.69, 9.17) is 0 Å². The number of amides is 1. The predicted octanol–water partition coefficient (Wildman–Crippen LogP) is 5.88. The zero-order valence-corrected chi connectivity index (χ0v) is 20.0. The van der Waals surface area contributed by atoms with E-state index in [2.05, 4.69) is 59.0 Å². The molecule has 174 valence electrons. The number of nitrogens with zero attached hydrogens (tertiary/aromatic N) is 3. The van der Waals surface area contributed by atoms with Gasteiger partial charge in [-0.15, -0.1) is 0 Å². The zero-order valence-electron chi connectivity index (χ0n) is 19.2. The van der Waals surface area contributed by atoms with Gasteiger partial charge in [0.05, 0.1) is 40.7 Å². The highest BCUT2D eigenvalue weighted by molar-refractivity contribution is 7.08. The summed E-state index contributed by atoms with van der Waals surface area (Å²) in [7, 11) is 0. The maximum Gasteiger partial charge on any atom is 0.226 e. The first-order valence-electron chi connectivity index (χ1n) is 11.3. The number of pyridine rings is 2. The van der Waals surface area contributed by atoms with E-state index in [1.165, 1.54) is 0 Å². The van der Waals surface area contributed by atoms with E-state index in [-0.39, 0.29) is 18.0 Å². The maximum atomic E-state index is 12.1. The molecule has 9 heteroatoms. The van der Waals surface area contributed by atoms with Gasteiger partial charge in [-0.3, -0.25) is 19.9 Å². The Hall–Kier alpha value is -4.24. The van der Waals surface area contributed by atoms with E-state index < -0.39 is 0 Å². The Morgan fingerprint density at radius 1 is 1.00 bits per heavy atom. The lowest BCUT2D eigenvalue weighted by molar-refractivity contribution is -0.118. The topological polar surface area (TPSA) is 108 Å². The smallest absolute Gasteiger partial charge is 0.226 e. The zero-order chi connectivity index (χ0) is 23.9. The summed E-state index contributed by atoms with van der Waals surface area (Å²) in [5.41, 5.74) is 8.58. The molecule has 0 spiro atoms. The number of carbonyl (C=O) groups is 1. The number of aromatic amines is 1. The van der Waals surface area contributed by atoms with Crippen molar-refractivity contribution in [3.8, 4) is 22.3 Å². The van der Waals surface area contributed by atoms with Crippen molar-refractivity contribution in [3.05, 3.63) is 71.6 Å². The van der Waals surface area contributed by atoms with Crippen molar-refractivity contribution >= 4 is 45.2 Å². The van der Waals surface area contributed by atoms with Crippen molar-refractivity contribution in [3.63, 3.8) is 0 Å². The van der Waals surface area contributed by atoms with Crippen LogP contribution in [0, 0.1) is 5.92 Å². The van der Waals surface area contributed by atoms with Crippen molar-refractivity contribution in [2.75, 3.05) is 16.0 Å². The second-order valence-corrected chi connectivity index (χ2v) is 9.60. The normalized spacial score (nSPS) is 14.5. The molecule has 35 heavy (non-hydrogen) atoms. The molecule has 1 aliphatic rings. The lowest BCUT2D eigenvalue weighted by Crippen LogP contribution is -2.17. The first-order valence-corrected chi connectivity index (χ1v) is 12.3. The van der Waals surface area contributed by atoms with E-state index >= 15 is 0 Å². The number of fused-ring (bicyclic) bond motifs is 2. The van der Waals surface area contributed by atoms with Gasteiger partial charge in [-0.25, -0.2) is 0 Å². The Morgan fingerprint density at radius 3 is 2.71 bits per heavy atom. The Morgan fingerprint density at radius 2 is 1.89 bits per heavy atom. The second kappa shape index (κ2) is 8.52. The number of nitrogens with one attached hydrogen (secondary N) is 4. The monoisotopic (exact) mass is 481 g/mol. The van der Waals surface area contributed by atoms with Crippen LogP contribution in [-0.4, -0.2) is 26.1 Å². The van der Waals surface area contributed by atoms with Gasteiger partial charge >= 0.3 is 0 Å². The van der Waals surface area contributed by atoms with Crippen LogP contribution in [0.1, 0.15) is 25.7 Å². The third-order valence-corrected chi connectivity index (χ3v) is 6.79. The quantitative estimate of drug-likeness (QED) is 0.250. The number of H-pyrrole nitrogens is 1. The van der Waals surface area contributed by atoms with Gasteiger partial charge in [-0.05, 0) is 46.2 Å². The number of benzene rings is 1.